The predicted molar refractivity (Wildman–Crippen MR) is 98.7 cm³/mol. The van der Waals surface area contributed by atoms with E-state index in [1.165, 1.54) is 11.7 Å². The van der Waals surface area contributed by atoms with Crippen molar-refractivity contribution < 1.29 is 13.2 Å². The SMILES string of the molecule is Cn1c(=O)cnn(CCCCN2CCN(c3nccc(C(F)(F)F)n3)CC2)c1=O. The van der Waals surface area contributed by atoms with E-state index < -0.39 is 23.1 Å². The molecule has 0 radical (unpaired) electrons. The molecule has 1 saturated heterocycles. The normalized spacial score (nSPS) is 15.7. The van der Waals surface area contributed by atoms with E-state index in [2.05, 4.69) is 20.0 Å². The molecule has 29 heavy (non-hydrogen) atoms. The molecule has 0 atom stereocenters. The summed E-state index contributed by atoms with van der Waals surface area (Å²) in [7, 11) is 1.41. The minimum atomic E-state index is -4.48. The van der Waals surface area contributed by atoms with Gasteiger partial charge in [-0.2, -0.15) is 18.3 Å². The van der Waals surface area contributed by atoms with Gasteiger partial charge >= 0.3 is 11.9 Å². The second-order valence-corrected chi connectivity index (χ2v) is 6.82. The molecule has 2 aromatic heterocycles. The third kappa shape index (κ3) is 5.19. The van der Waals surface area contributed by atoms with Crippen LogP contribution in [0.5, 0.6) is 0 Å². The Balaban J connectivity index is 1.44. The highest BCUT2D eigenvalue weighted by atomic mass is 19.4. The number of aromatic nitrogens is 5. The van der Waals surface area contributed by atoms with Gasteiger partial charge in [-0.1, -0.05) is 0 Å². The quantitative estimate of drug-likeness (QED) is 0.632. The molecule has 0 amide bonds. The Hall–Kier alpha value is -2.76. The van der Waals surface area contributed by atoms with Crippen molar-refractivity contribution in [2.75, 3.05) is 37.6 Å². The number of hydrogen-bond donors (Lipinski definition) is 0. The fraction of sp³-hybridized carbons (Fsp3) is 0.588. The van der Waals surface area contributed by atoms with Crippen LogP contribution in [0.25, 0.3) is 0 Å². The molecule has 12 heteroatoms. The lowest BCUT2D eigenvalue weighted by Crippen LogP contribution is -2.47. The van der Waals surface area contributed by atoms with E-state index in [4.69, 9.17) is 0 Å². The number of anilines is 1. The fourth-order valence-corrected chi connectivity index (χ4v) is 3.10. The van der Waals surface area contributed by atoms with Crippen LogP contribution in [0.4, 0.5) is 19.1 Å². The van der Waals surface area contributed by atoms with Crippen LogP contribution in [0.15, 0.2) is 28.0 Å². The Kier molecular flexibility index (Phi) is 6.30. The first-order valence-corrected chi connectivity index (χ1v) is 9.26. The van der Waals surface area contributed by atoms with Gasteiger partial charge in [0, 0.05) is 46.0 Å². The second-order valence-electron chi connectivity index (χ2n) is 6.82. The summed E-state index contributed by atoms with van der Waals surface area (Å²) in [5.74, 6) is 0.0969. The van der Waals surface area contributed by atoms with Crippen LogP contribution in [0.1, 0.15) is 18.5 Å². The summed E-state index contributed by atoms with van der Waals surface area (Å²) in [5.41, 5.74) is -1.81. The van der Waals surface area contributed by atoms with E-state index in [-0.39, 0.29) is 5.95 Å². The molecule has 0 spiro atoms. The maximum Gasteiger partial charge on any atom is 0.433 e. The van der Waals surface area contributed by atoms with Gasteiger partial charge in [-0.15, -0.1) is 0 Å². The summed E-state index contributed by atoms with van der Waals surface area (Å²) in [6, 6.07) is 0.866. The lowest BCUT2D eigenvalue weighted by atomic mass is 10.2. The average molecular weight is 413 g/mol. The number of hydrogen-bond acceptors (Lipinski definition) is 7. The highest BCUT2D eigenvalue weighted by Crippen LogP contribution is 2.28. The number of halogens is 3. The third-order valence-electron chi connectivity index (χ3n) is 4.83. The summed E-state index contributed by atoms with van der Waals surface area (Å²) in [6.45, 7) is 3.70. The van der Waals surface area contributed by atoms with Crippen molar-refractivity contribution in [1.82, 2.24) is 29.2 Å². The molecule has 1 aliphatic heterocycles. The van der Waals surface area contributed by atoms with Gasteiger partial charge in [0.2, 0.25) is 5.95 Å². The Morgan fingerprint density at radius 3 is 2.45 bits per heavy atom. The molecule has 158 valence electrons. The monoisotopic (exact) mass is 413 g/mol. The van der Waals surface area contributed by atoms with Crippen LogP contribution in [0, 0.1) is 0 Å². The van der Waals surface area contributed by atoms with Gasteiger partial charge in [-0.05, 0) is 25.5 Å². The number of piperazine rings is 1. The summed E-state index contributed by atoms with van der Waals surface area (Å²) < 4.78 is 40.7. The highest BCUT2D eigenvalue weighted by Gasteiger charge is 2.33. The van der Waals surface area contributed by atoms with Crippen LogP contribution in [0.2, 0.25) is 0 Å². The summed E-state index contributed by atoms with van der Waals surface area (Å²) in [5, 5.41) is 3.85. The molecule has 0 aliphatic carbocycles. The van der Waals surface area contributed by atoms with Crippen LogP contribution < -0.4 is 16.1 Å². The number of rotatable bonds is 6. The first-order chi connectivity index (χ1) is 13.8. The van der Waals surface area contributed by atoms with Crippen molar-refractivity contribution in [3.8, 4) is 0 Å². The fourth-order valence-electron chi connectivity index (χ4n) is 3.10. The van der Waals surface area contributed by atoms with E-state index in [0.717, 1.165) is 42.4 Å². The molecule has 3 rings (SSSR count). The van der Waals surface area contributed by atoms with Crippen LogP contribution >= 0.6 is 0 Å². The van der Waals surface area contributed by atoms with E-state index in [1.807, 2.05) is 0 Å². The number of aryl methyl sites for hydroxylation is 1. The van der Waals surface area contributed by atoms with Gasteiger partial charge in [0.1, 0.15) is 11.9 Å². The van der Waals surface area contributed by atoms with E-state index in [9.17, 15) is 22.8 Å². The summed E-state index contributed by atoms with van der Waals surface area (Å²) in [4.78, 5) is 34.8. The van der Waals surface area contributed by atoms with Gasteiger partial charge in [-0.3, -0.25) is 14.3 Å². The Morgan fingerprint density at radius 1 is 1.07 bits per heavy atom. The zero-order valence-corrected chi connectivity index (χ0v) is 16.0. The maximum absolute atomic E-state index is 12.8. The average Bonchev–Trinajstić information content (AvgIpc) is 2.71. The molecule has 0 saturated carbocycles. The highest BCUT2D eigenvalue weighted by molar-refractivity contribution is 5.31. The maximum atomic E-state index is 12.8. The van der Waals surface area contributed by atoms with E-state index in [0.29, 0.717) is 32.7 Å². The van der Waals surface area contributed by atoms with Crippen molar-refractivity contribution >= 4 is 5.95 Å². The molecule has 2 aromatic rings. The van der Waals surface area contributed by atoms with Crippen molar-refractivity contribution in [2.45, 2.75) is 25.6 Å². The molecule has 0 unspecified atom stereocenters. The van der Waals surface area contributed by atoms with E-state index in [1.54, 1.807) is 4.90 Å². The van der Waals surface area contributed by atoms with Gasteiger partial charge in [0.05, 0.1) is 0 Å². The number of unbranched alkanes of at least 4 members (excludes halogenated alkanes) is 1. The molecule has 1 fully saturated rings. The zero-order chi connectivity index (χ0) is 21.0. The number of nitrogens with zero attached hydrogens (tertiary/aromatic N) is 7. The summed E-state index contributed by atoms with van der Waals surface area (Å²) >= 11 is 0. The predicted octanol–water partition coefficient (Wildman–Crippen LogP) is 0.353. The van der Waals surface area contributed by atoms with Crippen molar-refractivity contribution in [3.63, 3.8) is 0 Å². The lowest BCUT2D eigenvalue weighted by molar-refractivity contribution is -0.141. The largest absolute Gasteiger partial charge is 0.433 e. The third-order valence-corrected chi connectivity index (χ3v) is 4.83. The molecule has 3 heterocycles. The molecule has 0 N–H and O–H groups in total. The minimum Gasteiger partial charge on any atom is -0.338 e. The topological polar surface area (TPSA) is 89.2 Å². The first kappa shape index (κ1) is 21.0. The standard InChI is InChI=1S/C17H22F3N7O2/c1-24-14(28)12-22-27(16(24)29)7-3-2-6-25-8-10-26(11-9-25)15-21-5-4-13(23-15)17(18,19)20/h4-5,12H,2-3,6-11H2,1H3. The molecule has 9 nitrogen and oxygen atoms in total. The molecule has 1 aliphatic rings. The Bertz CT molecular complexity index is 949. The van der Waals surface area contributed by atoms with Gasteiger partial charge in [0.25, 0.3) is 5.56 Å². The molecular weight excluding hydrogens is 391 g/mol. The Morgan fingerprint density at radius 2 is 1.76 bits per heavy atom. The number of alkyl halides is 3. The Labute approximate surface area is 164 Å². The van der Waals surface area contributed by atoms with Crippen LogP contribution in [-0.2, 0) is 19.8 Å². The zero-order valence-electron chi connectivity index (χ0n) is 16.0. The van der Waals surface area contributed by atoms with Crippen molar-refractivity contribution in [1.29, 1.82) is 0 Å². The van der Waals surface area contributed by atoms with E-state index >= 15 is 0 Å². The van der Waals surface area contributed by atoms with Crippen molar-refractivity contribution in [3.05, 3.63) is 45.0 Å². The molecular formula is C17H22F3N7O2. The van der Waals surface area contributed by atoms with Crippen molar-refractivity contribution in [2.24, 2.45) is 7.05 Å². The first-order valence-electron chi connectivity index (χ1n) is 9.26. The van der Waals surface area contributed by atoms with Gasteiger partial charge < -0.3 is 4.90 Å². The van der Waals surface area contributed by atoms with Crippen LogP contribution in [0.3, 0.4) is 0 Å². The second kappa shape index (κ2) is 8.72. The molecule has 0 bridgehead atoms. The van der Waals surface area contributed by atoms with Gasteiger partial charge in [0.15, 0.2) is 0 Å². The smallest absolute Gasteiger partial charge is 0.338 e. The van der Waals surface area contributed by atoms with Gasteiger partial charge in [-0.25, -0.2) is 19.4 Å². The lowest BCUT2D eigenvalue weighted by Gasteiger charge is -2.34. The summed E-state index contributed by atoms with van der Waals surface area (Å²) in [6.07, 6.45) is -0.677. The minimum absolute atomic E-state index is 0.0969. The van der Waals surface area contributed by atoms with Crippen LogP contribution in [-0.4, -0.2) is 61.9 Å². The molecule has 0 aromatic carbocycles.